The predicted octanol–water partition coefficient (Wildman–Crippen LogP) is 4.60. The van der Waals surface area contributed by atoms with Crippen LogP contribution >= 0.6 is 0 Å². The van der Waals surface area contributed by atoms with Crippen LogP contribution in [-0.2, 0) is 16.1 Å². The molecule has 3 aliphatic rings. The molecule has 4 heteroatoms. The number of benzene rings is 3. The fourth-order valence-corrected chi connectivity index (χ4v) is 5.24. The summed E-state index contributed by atoms with van der Waals surface area (Å²) in [6.07, 6.45) is 0.528. The monoisotopic (exact) mass is 394 g/mol. The molecule has 0 bridgehead atoms. The highest BCUT2D eigenvalue weighted by Crippen LogP contribution is 2.51. The summed E-state index contributed by atoms with van der Waals surface area (Å²) in [5.41, 5.74) is 6.54. The van der Waals surface area contributed by atoms with Gasteiger partial charge in [-0.2, -0.15) is 0 Å². The van der Waals surface area contributed by atoms with Crippen molar-refractivity contribution in [1.82, 2.24) is 4.90 Å². The van der Waals surface area contributed by atoms with E-state index < -0.39 is 0 Å². The molecule has 0 unspecified atom stereocenters. The Morgan fingerprint density at radius 2 is 1.67 bits per heavy atom. The van der Waals surface area contributed by atoms with Crippen molar-refractivity contribution in [3.63, 3.8) is 0 Å². The SMILES string of the molecule is Cc1ccc(C2=NO[C@@H]3[C@H]2C(=O)N2[C@H](c4ccccc4)Cc4ccccc4[C@@H]32)cc1. The Morgan fingerprint density at radius 1 is 0.933 bits per heavy atom. The van der Waals surface area contributed by atoms with Crippen molar-refractivity contribution in [3.8, 4) is 0 Å². The second-order valence-corrected chi connectivity index (χ2v) is 8.41. The highest BCUT2D eigenvalue weighted by molar-refractivity contribution is 6.15. The van der Waals surface area contributed by atoms with Gasteiger partial charge in [-0.25, -0.2) is 0 Å². The van der Waals surface area contributed by atoms with Crippen LogP contribution < -0.4 is 0 Å². The average molecular weight is 394 g/mol. The number of carbonyl (C=O) groups excluding carboxylic acids is 1. The zero-order valence-electron chi connectivity index (χ0n) is 16.7. The molecule has 4 atom stereocenters. The van der Waals surface area contributed by atoms with Crippen molar-refractivity contribution in [2.75, 3.05) is 0 Å². The molecule has 0 aromatic heterocycles. The normalized spacial score (nSPS) is 26.5. The van der Waals surface area contributed by atoms with Crippen LogP contribution in [0.2, 0.25) is 0 Å². The van der Waals surface area contributed by atoms with Crippen LogP contribution in [0.1, 0.15) is 39.9 Å². The van der Waals surface area contributed by atoms with Gasteiger partial charge in [0, 0.05) is 5.56 Å². The largest absolute Gasteiger partial charge is 0.388 e. The molecule has 148 valence electrons. The lowest BCUT2D eigenvalue weighted by atomic mass is 9.84. The van der Waals surface area contributed by atoms with Gasteiger partial charge in [-0.05, 0) is 30.0 Å². The number of oxime groups is 1. The third-order valence-corrected chi connectivity index (χ3v) is 6.68. The van der Waals surface area contributed by atoms with Crippen LogP contribution in [0.25, 0.3) is 0 Å². The van der Waals surface area contributed by atoms with E-state index in [0.29, 0.717) is 0 Å². The lowest BCUT2D eigenvalue weighted by Gasteiger charge is -2.40. The quantitative estimate of drug-likeness (QED) is 0.638. The van der Waals surface area contributed by atoms with Crippen LogP contribution in [0.3, 0.4) is 0 Å². The van der Waals surface area contributed by atoms with E-state index in [1.807, 2.05) is 36.4 Å². The minimum Gasteiger partial charge on any atom is -0.388 e. The molecule has 3 aromatic carbocycles. The minimum absolute atomic E-state index is 0.00654. The molecule has 4 nitrogen and oxygen atoms in total. The third-order valence-electron chi connectivity index (χ3n) is 6.68. The van der Waals surface area contributed by atoms with Gasteiger partial charge in [0.05, 0.1) is 12.1 Å². The number of fused-ring (bicyclic) bond motifs is 5. The summed E-state index contributed by atoms with van der Waals surface area (Å²) in [5.74, 6) is -0.250. The van der Waals surface area contributed by atoms with Crippen molar-refractivity contribution in [2.24, 2.45) is 11.1 Å². The molecule has 1 fully saturated rings. The first-order valence-corrected chi connectivity index (χ1v) is 10.5. The summed E-state index contributed by atoms with van der Waals surface area (Å²) in [5, 5.41) is 4.40. The van der Waals surface area contributed by atoms with Crippen LogP contribution in [0.15, 0.2) is 84.0 Å². The molecular weight excluding hydrogens is 372 g/mol. The van der Waals surface area contributed by atoms with E-state index in [4.69, 9.17) is 4.84 Å². The first-order chi connectivity index (χ1) is 14.7. The first kappa shape index (κ1) is 17.5. The van der Waals surface area contributed by atoms with Crippen molar-refractivity contribution < 1.29 is 9.63 Å². The molecule has 1 amide bonds. The Hall–Kier alpha value is -3.40. The second kappa shape index (κ2) is 6.56. The van der Waals surface area contributed by atoms with E-state index in [9.17, 15) is 4.79 Å². The van der Waals surface area contributed by atoms with E-state index in [1.165, 1.54) is 22.3 Å². The molecule has 0 aliphatic carbocycles. The molecule has 0 saturated carbocycles. The molecule has 3 heterocycles. The highest BCUT2D eigenvalue weighted by atomic mass is 16.6. The van der Waals surface area contributed by atoms with E-state index in [-0.39, 0.29) is 30.0 Å². The lowest BCUT2D eigenvalue weighted by Crippen LogP contribution is -2.40. The third kappa shape index (κ3) is 2.46. The molecule has 0 spiro atoms. The predicted molar refractivity (Wildman–Crippen MR) is 115 cm³/mol. The molecule has 0 radical (unpaired) electrons. The number of rotatable bonds is 2. The molecule has 3 aliphatic heterocycles. The minimum atomic E-state index is -0.366. The highest BCUT2D eigenvalue weighted by Gasteiger charge is 2.59. The summed E-state index contributed by atoms with van der Waals surface area (Å²) in [7, 11) is 0. The maximum Gasteiger partial charge on any atom is 0.237 e. The van der Waals surface area contributed by atoms with Crippen molar-refractivity contribution in [3.05, 3.63) is 107 Å². The zero-order chi connectivity index (χ0) is 20.2. The standard InChI is InChI=1S/C26H22N2O2/c1-16-11-13-18(14-12-16)23-22-25(30-27-23)24-20-10-6-5-9-19(20)15-21(28(24)26(22)29)17-7-3-2-4-8-17/h2-14,21-22,24-25H,15H2,1H3/t21-,22-,24-,25+/m0/s1. The van der Waals surface area contributed by atoms with Gasteiger partial charge in [0.25, 0.3) is 0 Å². The van der Waals surface area contributed by atoms with Crippen LogP contribution in [0, 0.1) is 12.8 Å². The van der Waals surface area contributed by atoms with Gasteiger partial charge in [-0.3, -0.25) is 4.79 Å². The van der Waals surface area contributed by atoms with E-state index >= 15 is 0 Å². The Kier molecular flexibility index (Phi) is 3.82. The van der Waals surface area contributed by atoms with Crippen LogP contribution in [-0.4, -0.2) is 22.6 Å². The molecule has 0 N–H and O–H groups in total. The summed E-state index contributed by atoms with van der Waals surface area (Å²) in [4.78, 5) is 21.9. The molecule has 30 heavy (non-hydrogen) atoms. The molecule has 3 aromatic rings. The van der Waals surface area contributed by atoms with Gasteiger partial charge in [-0.15, -0.1) is 0 Å². The van der Waals surface area contributed by atoms with Gasteiger partial charge in [0.15, 0.2) is 6.10 Å². The molecule has 6 rings (SSSR count). The first-order valence-electron chi connectivity index (χ1n) is 10.5. The Bertz CT molecular complexity index is 1150. The number of nitrogens with zero attached hydrogens (tertiary/aromatic N) is 2. The van der Waals surface area contributed by atoms with Gasteiger partial charge in [-0.1, -0.05) is 89.6 Å². The summed E-state index contributed by atoms with van der Waals surface area (Å²) in [6.45, 7) is 2.06. The number of hydrogen-bond donors (Lipinski definition) is 0. The van der Waals surface area contributed by atoms with E-state index in [2.05, 4.69) is 59.4 Å². The fourth-order valence-electron chi connectivity index (χ4n) is 5.24. The molecule has 1 saturated heterocycles. The fraction of sp³-hybridized carbons (Fsp3) is 0.231. The maximum atomic E-state index is 13.8. The topological polar surface area (TPSA) is 41.9 Å². The Morgan fingerprint density at radius 3 is 2.47 bits per heavy atom. The van der Waals surface area contributed by atoms with Crippen LogP contribution in [0.5, 0.6) is 0 Å². The molecular formula is C26H22N2O2. The van der Waals surface area contributed by atoms with E-state index in [0.717, 1.165) is 17.7 Å². The Labute approximate surface area is 175 Å². The maximum absolute atomic E-state index is 13.8. The Balaban J connectivity index is 1.46. The lowest BCUT2D eigenvalue weighted by molar-refractivity contribution is -0.133. The number of aryl methyl sites for hydroxylation is 1. The zero-order valence-corrected chi connectivity index (χ0v) is 16.7. The van der Waals surface area contributed by atoms with Gasteiger partial charge in [0.1, 0.15) is 11.6 Å². The van der Waals surface area contributed by atoms with Crippen LogP contribution in [0.4, 0.5) is 0 Å². The van der Waals surface area contributed by atoms with E-state index in [1.54, 1.807) is 0 Å². The smallest absolute Gasteiger partial charge is 0.237 e. The number of hydrogen-bond acceptors (Lipinski definition) is 3. The second-order valence-electron chi connectivity index (χ2n) is 8.41. The van der Waals surface area contributed by atoms with Crippen molar-refractivity contribution in [1.29, 1.82) is 0 Å². The summed E-state index contributed by atoms with van der Waals surface area (Å²) in [6, 6.07) is 26.8. The summed E-state index contributed by atoms with van der Waals surface area (Å²) >= 11 is 0. The van der Waals surface area contributed by atoms with Crippen molar-refractivity contribution in [2.45, 2.75) is 31.5 Å². The average Bonchev–Trinajstić information content (AvgIpc) is 3.34. The number of amides is 1. The number of carbonyl (C=O) groups is 1. The summed E-state index contributed by atoms with van der Waals surface area (Å²) < 4.78 is 0. The van der Waals surface area contributed by atoms with Crippen molar-refractivity contribution >= 4 is 11.6 Å². The van der Waals surface area contributed by atoms with Gasteiger partial charge >= 0.3 is 0 Å². The van der Waals surface area contributed by atoms with Gasteiger partial charge < -0.3 is 9.74 Å². The van der Waals surface area contributed by atoms with Gasteiger partial charge in [0.2, 0.25) is 5.91 Å².